The van der Waals surface area contributed by atoms with E-state index in [1.807, 2.05) is 12.1 Å². The summed E-state index contributed by atoms with van der Waals surface area (Å²) < 4.78 is 1.25. The number of aromatic hydroxyl groups is 2. The molecule has 2 nitrogen and oxygen atoms in total. The topological polar surface area (TPSA) is 40.5 Å². The first kappa shape index (κ1) is 12.1. The van der Waals surface area contributed by atoms with Gasteiger partial charge in [0.15, 0.2) is 0 Å². The number of benzene rings is 2. The Bertz CT molecular complexity index is 697. The second-order valence-corrected chi connectivity index (χ2v) is 5.77. The molecule has 0 saturated carbocycles. The van der Waals surface area contributed by atoms with Crippen LogP contribution in [-0.2, 0) is 0 Å². The van der Waals surface area contributed by atoms with Gasteiger partial charge in [-0.15, -0.1) is 11.3 Å². The van der Waals surface area contributed by atoms with Crippen molar-refractivity contribution in [3.8, 4) is 11.5 Å². The lowest BCUT2D eigenvalue weighted by Gasteiger charge is -2.11. The molecule has 96 valence electrons. The number of hydrogen-bond donors (Lipinski definition) is 2. The Morgan fingerprint density at radius 1 is 1.00 bits per heavy atom. The highest BCUT2D eigenvalue weighted by molar-refractivity contribution is 7.19. The van der Waals surface area contributed by atoms with E-state index in [2.05, 4.69) is 25.1 Å². The number of rotatable bonds is 2. The van der Waals surface area contributed by atoms with Crippen LogP contribution in [0.1, 0.15) is 23.3 Å². The van der Waals surface area contributed by atoms with Gasteiger partial charge in [0.25, 0.3) is 0 Å². The molecule has 3 rings (SSSR count). The SMILES string of the molecule is CC(c1cc2ccccc2s1)c1ccc(O)cc1O. The Morgan fingerprint density at radius 2 is 1.79 bits per heavy atom. The Morgan fingerprint density at radius 3 is 2.53 bits per heavy atom. The Hall–Kier alpha value is -2.00. The minimum absolute atomic E-state index is 0.0878. The van der Waals surface area contributed by atoms with Crippen molar-refractivity contribution in [2.24, 2.45) is 0 Å². The lowest BCUT2D eigenvalue weighted by Crippen LogP contribution is -1.93. The number of fused-ring (bicyclic) bond motifs is 1. The van der Waals surface area contributed by atoms with Crippen molar-refractivity contribution < 1.29 is 10.2 Å². The quantitative estimate of drug-likeness (QED) is 0.721. The van der Waals surface area contributed by atoms with Crippen molar-refractivity contribution in [2.75, 3.05) is 0 Å². The fourth-order valence-corrected chi connectivity index (χ4v) is 3.40. The van der Waals surface area contributed by atoms with Gasteiger partial charge in [-0.05, 0) is 23.6 Å². The van der Waals surface area contributed by atoms with Gasteiger partial charge in [-0.2, -0.15) is 0 Å². The van der Waals surface area contributed by atoms with Gasteiger partial charge < -0.3 is 10.2 Å². The fourth-order valence-electron chi connectivity index (χ4n) is 2.27. The molecule has 1 aromatic heterocycles. The monoisotopic (exact) mass is 270 g/mol. The second-order valence-electron chi connectivity index (χ2n) is 4.65. The maximum Gasteiger partial charge on any atom is 0.123 e. The van der Waals surface area contributed by atoms with Crippen molar-refractivity contribution in [3.05, 3.63) is 59.0 Å². The summed E-state index contributed by atoms with van der Waals surface area (Å²) in [4.78, 5) is 1.21. The van der Waals surface area contributed by atoms with Gasteiger partial charge in [-0.1, -0.05) is 31.2 Å². The summed E-state index contributed by atoms with van der Waals surface area (Å²) in [6.07, 6.45) is 0. The van der Waals surface area contributed by atoms with Gasteiger partial charge in [-0.3, -0.25) is 0 Å². The van der Waals surface area contributed by atoms with E-state index in [1.165, 1.54) is 21.0 Å². The molecular weight excluding hydrogens is 256 g/mol. The first-order chi connectivity index (χ1) is 9.15. The molecule has 1 atom stereocenters. The van der Waals surface area contributed by atoms with Gasteiger partial charge in [0.05, 0.1) is 0 Å². The third-order valence-corrected chi connectivity index (χ3v) is 4.65. The average molecular weight is 270 g/mol. The van der Waals surface area contributed by atoms with Gasteiger partial charge in [0.1, 0.15) is 11.5 Å². The van der Waals surface area contributed by atoms with E-state index >= 15 is 0 Å². The highest BCUT2D eigenvalue weighted by atomic mass is 32.1. The normalized spacial score (nSPS) is 12.7. The number of phenols is 2. The summed E-state index contributed by atoms with van der Waals surface area (Å²) in [6.45, 7) is 2.07. The van der Waals surface area contributed by atoms with Crippen LogP contribution in [0.3, 0.4) is 0 Å². The maximum absolute atomic E-state index is 9.94. The molecule has 2 N–H and O–H groups in total. The van der Waals surface area contributed by atoms with E-state index < -0.39 is 0 Å². The molecule has 0 aliphatic heterocycles. The van der Waals surface area contributed by atoms with Crippen molar-refractivity contribution in [1.29, 1.82) is 0 Å². The molecule has 0 radical (unpaired) electrons. The second kappa shape index (κ2) is 4.59. The zero-order valence-corrected chi connectivity index (χ0v) is 11.3. The average Bonchev–Trinajstić information content (AvgIpc) is 2.81. The summed E-state index contributed by atoms with van der Waals surface area (Å²) in [5, 5.41) is 20.5. The molecule has 19 heavy (non-hydrogen) atoms. The van der Waals surface area contributed by atoms with Crippen molar-refractivity contribution in [1.82, 2.24) is 0 Å². The van der Waals surface area contributed by atoms with Gasteiger partial charge in [0, 0.05) is 27.1 Å². The zero-order chi connectivity index (χ0) is 13.4. The largest absolute Gasteiger partial charge is 0.508 e. The molecule has 1 unspecified atom stereocenters. The van der Waals surface area contributed by atoms with Gasteiger partial charge >= 0.3 is 0 Å². The molecule has 0 fully saturated rings. The zero-order valence-electron chi connectivity index (χ0n) is 10.5. The smallest absolute Gasteiger partial charge is 0.123 e. The summed E-state index contributed by atoms with van der Waals surface area (Å²) in [5.41, 5.74) is 0.837. The summed E-state index contributed by atoms with van der Waals surface area (Å²) >= 11 is 1.74. The minimum Gasteiger partial charge on any atom is -0.508 e. The summed E-state index contributed by atoms with van der Waals surface area (Å²) in [7, 11) is 0. The van der Waals surface area contributed by atoms with Crippen LogP contribution in [0.5, 0.6) is 11.5 Å². The Labute approximate surface area is 115 Å². The molecule has 1 heterocycles. The predicted molar refractivity (Wildman–Crippen MR) is 79.1 cm³/mol. The van der Waals surface area contributed by atoms with E-state index in [9.17, 15) is 10.2 Å². The molecule has 0 amide bonds. The van der Waals surface area contributed by atoms with E-state index in [4.69, 9.17) is 0 Å². The first-order valence-electron chi connectivity index (χ1n) is 6.15. The molecule has 0 aliphatic carbocycles. The van der Waals surface area contributed by atoms with E-state index in [0.717, 1.165) is 5.56 Å². The summed E-state index contributed by atoms with van der Waals surface area (Å²) in [6, 6.07) is 15.2. The van der Waals surface area contributed by atoms with Crippen LogP contribution in [-0.4, -0.2) is 10.2 Å². The molecule has 0 spiro atoms. The summed E-state index contributed by atoms with van der Waals surface area (Å²) in [5.74, 6) is 0.341. The van der Waals surface area contributed by atoms with E-state index in [1.54, 1.807) is 23.5 Å². The third kappa shape index (κ3) is 2.17. The van der Waals surface area contributed by atoms with Crippen LogP contribution in [0, 0.1) is 0 Å². The van der Waals surface area contributed by atoms with E-state index in [0.29, 0.717) is 0 Å². The molecule has 3 heteroatoms. The molecule has 0 bridgehead atoms. The minimum atomic E-state index is 0.0878. The fraction of sp³-hybridized carbons (Fsp3) is 0.125. The third-order valence-electron chi connectivity index (χ3n) is 3.35. The highest BCUT2D eigenvalue weighted by Gasteiger charge is 2.15. The lowest BCUT2D eigenvalue weighted by atomic mass is 9.98. The van der Waals surface area contributed by atoms with Crippen LogP contribution in [0.4, 0.5) is 0 Å². The van der Waals surface area contributed by atoms with Crippen LogP contribution in [0.25, 0.3) is 10.1 Å². The van der Waals surface area contributed by atoms with E-state index in [-0.39, 0.29) is 17.4 Å². The van der Waals surface area contributed by atoms with Gasteiger partial charge in [-0.25, -0.2) is 0 Å². The molecule has 3 aromatic rings. The number of thiophene rings is 1. The highest BCUT2D eigenvalue weighted by Crippen LogP contribution is 2.38. The van der Waals surface area contributed by atoms with Gasteiger partial charge in [0.2, 0.25) is 0 Å². The van der Waals surface area contributed by atoms with Crippen LogP contribution in [0.2, 0.25) is 0 Å². The van der Waals surface area contributed by atoms with Crippen LogP contribution >= 0.6 is 11.3 Å². The number of hydrogen-bond acceptors (Lipinski definition) is 3. The Balaban J connectivity index is 2.05. The van der Waals surface area contributed by atoms with Crippen molar-refractivity contribution in [3.63, 3.8) is 0 Å². The van der Waals surface area contributed by atoms with Crippen molar-refractivity contribution >= 4 is 21.4 Å². The first-order valence-corrected chi connectivity index (χ1v) is 6.97. The maximum atomic E-state index is 9.94. The predicted octanol–water partition coefficient (Wildman–Crippen LogP) is 4.46. The number of phenolic OH excluding ortho intramolecular Hbond substituents is 2. The lowest BCUT2D eigenvalue weighted by molar-refractivity contribution is 0.445. The van der Waals surface area contributed by atoms with Crippen LogP contribution < -0.4 is 0 Å². The molecule has 0 saturated heterocycles. The van der Waals surface area contributed by atoms with Crippen molar-refractivity contribution in [2.45, 2.75) is 12.8 Å². The molecule has 2 aromatic carbocycles. The van der Waals surface area contributed by atoms with Crippen LogP contribution in [0.15, 0.2) is 48.5 Å². The molecular formula is C16H14O2S. The Kier molecular flexibility index (Phi) is 2.91. The molecule has 0 aliphatic rings. The standard InChI is InChI=1S/C16H14O2S/c1-10(13-7-6-12(17)9-14(13)18)16-8-11-4-2-3-5-15(11)19-16/h2-10,17-18H,1H3.